The minimum Gasteiger partial charge on any atom is -0.468 e. The van der Waals surface area contributed by atoms with Crippen molar-refractivity contribution in [2.24, 2.45) is 5.73 Å². The SMILES string of the molecule is CCC1CN(Cc2ccoc2CN)CCN1C. The predicted octanol–water partition coefficient (Wildman–Crippen LogP) is 1.26. The summed E-state index contributed by atoms with van der Waals surface area (Å²) in [5.41, 5.74) is 6.90. The lowest BCUT2D eigenvalue weighted by Crippen LogP contribution is -2.50. The van der Waals surface area contributed by atoms with E-state index in [9.17, 15) is 0 Å². The zero-order valence-corrected chi connectivity index (χ0v) is 10.9. The van der Waals surface area contributed by atoms with Crippen molar-refractivity contribution in [3.05, 3.63) is 23.7 Å². The summed E-state index contributed by atoms with van der Waals surface area (Å²) >= 11 is 0. The number of likely N-dealkylation sites (N-methyl/N-ethyl adjacent to an activating group) is 1. The first-order valence-electron chi connectivity index (χ1n) is 6.42. The van der Waals surface area contributed by atoms with Gasteiger partial charge >= 0.3 is 0 Å². The molecule has 1 aromatic heterocycles. The van der Waals surface area contributed by atoms with Gasteiger partial charge in [0.2, 0.25) is 0 Å². The molecule has 1 saturated heterocycles. The van der Waals surface area contributed by atoms with Gasteiger partial charge in [0.25, 0.3) is 0 Å². The summed E-state index contributed by atoms with van der Waals surface area (Å²) in [5.74, 6) is 0.928. The predicted molar refractivity (Wildman–Crippen MR) is 68.6 cm³/mol. The van der Waals surface area contributed by atoms with Gasteiger partial charge in [0.05, 0.1) is 12.8 Å². The van der Waals surface area contributed by atoms with Crippen molar-refractivity contribution in [2.75, 3.05) is 26.7 Å². The molecule has 4 heteroatoms. The van der Waals surface area contributed by atoms with Gasteiger partial charge in [-0.25, -0.2) is 0 Å². The third kappa shape index (κ3) is 2.89. The fraction of sp³-hybridized carbons (Fsp3) is 0.692. The molecule has 2 N–H and O–H groups in total. The second-order valence-electron chi connectivity index (χ2n) is 4.85. The first kappa shape index (κ1) is 12.6. The fourth-order valence-electron chi connectivity index (χ4n) is 2.52. The summed E-state index contributed by atoms with van der Waals surface area (Å²) in [5, 5.41) is 0. The zero-order valence-electron chi connectivity index (χ0n) is 10.9. The fourth-order valence-corrected chi connectivity index (χ4v) is 2.52. The molecular formula is C13H23N3O. The van der Waals surface area contributed by atoms with Crippen LogP contribution in [0.25, 0.3) is 0 Å². The van der Waals surface area contributed by atoms with Gasteiger partial charge in [-0.2, -0.15) is 0 Å². The number of furan rings is 1. The number of hydrogen-bond donors (Lipinski definition) is 1. The highest BCUT2D eigenvalue weighted by Gasteiger charge is 2.23. The van der Waals surface area contributed by atoms with Gasteiger partial charge in [-0.15, -0.1) is 0 Å². The Hall–Kier alpha value is -0.840. The third-order valence-corrected chi connectivity index (χ3v) is 3.75. The normalized spacial score (nSPS) is 23.1. The van der Waals surface area contributed by atoms with Gasteiger partial charge in [-0.05, 0) is 19.5 Å². The molecule has 0 radical (unpaired) electrons. The molecule has 0 aromatic carbocycles. The lowest BCUT2D eigenvalue weighted by Gasteiger charge is -2.39. The summed E-state index contributed by atoms with van der Waals surface area (Å²) in [4.78, 5) is 4.95. The van der Waals surface area contributed by atoms with Crippen molar-refractivity contribution in [3.8, 4) is 0 Å². The maximum absolute atomic E-state index is 5.66. The van der Waals surface area contributed by atoms with Crippen LogP contribution in [0.5, 0.6) is 0 Å². The minimum atomic E-state index is 0.493. The molecule has 17 heavy (non-hydrogen) atoms. The molecule has 0 saturated carbocycles. The molecule has 0 bridgehead atoms. The van der Waals surface area contributed by atoms with Crippen LogP contribution >= 0.6 is 0 Å². The van der Waals surface area contributed by atoms with Crippen molar-refractivity contribution in [3.63, 3.8) is 0 Å². The van der Waals surface area contributed by atoms with Gasteiger partial charge < -0.3 is 15.1 Å². The van der Waals surface area contributed by atoms with Crippen LogP contribution in [0.4, 0.5) is 0 Å². The standard InChI is InChI=1S/C13H23N3O/c1-3-12-10-16(6-5-15(12)2)9-11-4-7-17-13(11)8-14/h4,7,12H,3,5-6,8-10,14H2,1-2H3. The Morgan fingerprint density at radius 3 is 3.00 bits per heavy atom. The molecule has 1 aromatic rings. The first-order valence-corrected chi connectivity index (χ1v) is 6.42. The Labute approximate surface area is 103 Å². The highest BCUT2D eigenvalue weighted by atomic mass is 16.3. The third-order valence-electron chi connectivity index (χ3n) is 3.75. The zero-order chi connectivity index (χ0) is 12.3. The monoisotopic (exact) mass is 237 g/mol. The number of rotatable bonds is 4. The van der Waals surface area contributed by atoms with Gasteiger partial charge in [-0.3, -0.25) is 4.90 Å². The number of nitrogens with two attached hydrogens (primary N) is 1. The van der Waals surface area contributed by atoms with E-state index >= 15 is 0 Å². The van der Waals surface area contributed by atoms with E-state index in [-0.39, 0.29) is 0 Å². The van der Waals surface area contributed by atoms with Crippen LogP contribution in [0.1, 0.15) is 24.7 Å². The Bertz CT molecular complexity index is 350. The second-order valence-corrected chi connectivity index (χ2v) is 4.85. The molecule has 2 heterocycles. The van der Waals surface area contributed by atoms with Crippen molar-refractivity contribution < 1.29 is 4.42 Å². The topological polar surface area (TPSA) is 45.6 Å². The summed E-state index contributed by atoms with van der Waals surface area (Å²) < 4.78 is 5.37. The van der Waals surface area contributed by atoms with Gasteiger partial charge in [0, 0.05) is 37.8 Å². The van der Waals surface area contributed by atoms with E-state index in [1.165, 1.54) is 12.0 Å². The van der Waals surface area contributed by atoms with E-state index in [1.54, 1.807) is 6.26 Å². The quantitative estimate of drug-likeness (QED) is 0.856. The Kier molecular flexibility index (Phi) is 4.20. The van der Waals surface area contributed by atoms with Crippen LogP contribution in [0.15, 0.2) is 16.7 Å². The van der Waals surface area contributed by atoms with Crippen LogP contribution in [0.3, 0.4) is 0 Å². The van der Waals surface area contributed by atoms with Crippen LogP contribution < -0.4 is 5.73 Å². The van der Waals surface area contributed by atoms with E-state index in [0.717, 1.165) is 31.9 Å². The molecule has 0 spiro atoms. The van der Waals surface area contributed by atoms with Crippen LogP contribution in [0, 0.1) is 0 Å². The largest absolute Gasteiger partial charge is 0.468 e. The second kappa shape index (κ2) is 5.67. The summed E-state index contributed by atoms with van der Waals surface area (Å²) in [7, 11) is 2.22. The molecule has 4 nitrogen and oxygen atoms in total. The Morgan fingerprint density at radius 1 is 1.47 bits per heavy atom. The molecule has 2 rings (SSSR count). The van der Waals surface area contributed by atoms with E-state index in [4.69, 9.17) is 10.2 Å². The average Bonchev–Trinajstić information content (AvgIpc) is 2.79. The van der Waals surface area contributed by atoms with Gasteiger partial charge in [0.15, 0.2) is 0 Å². The molecule has 0 amide bonds. The van der Waals surface area contributed by atoms with Crippen molar-refractivity contribution in [2.45, 2.75) is 32.5 Å². The lowest BCUT2D eigenvalue weighted by atomic mass is 10.1. The Morgan fingerprint density at radius 2 is 2.29 bits per heavy atom. The number of nitrogens with zero attached hydrogens (tertiary/aromatic N) is 2. The molecule has 1 unspecified atom stereocenters. The highest BCUT2D eigenvalue weighted by molar-refractivity contribution is 5.16. The molecule has 1 aliphatic heterocycles. The summed E-state index contributed by atoms with van der Waals surface area (Å²) in [6.07, 6.45) is 2.95. The van der Waals surface area contributed by atoms with Crippen LogP contribution in [0.2, 0.25) is 0 Å². The minimum absolute atomic E-state index is 0.493. The average molecular weight is 237 g/mol. The van der Waals surface area contributed by atoms with Crippen molar-refractivity contribution >= 4 is 0 Å². The summed E-state index contributed by atoms with van der Waals surface area (Å²) in [6.45, 7) is 7.13. The molecule has 0 aliphatic carbocycles. The molecule has 1 fully saturated rings. The first-order chi connectivity index (χ1) is 8.24. The molecule has 96 valence electrons. The van der Waals surface area contributed by atoms with E-state index in [0.29, 0.717) is 12.6 Å². The van der Waals surface area contributed by atoms with E-state index in [1.807, 2.05) is 6.07 Å². The van der Waals surface area contributed by atoms with E-state index in [2.05, 4.69) is 23.8 Å². The van der Waals surface area contributed by atoms with E-state index < -0.39 is 0 Å². The van der Waals surface area contributed by atoms with Crippen LogP contribution in [-0.2, 0) is 13.1 Å². The molecule has 1 aliphatic rings. The maximum Gasteiger partial charge on any atom is 0.121 e. The smallest absolute Gasteiger partial charge is 0.121 e. The van der Waals surface area contributed by atoms with Crippen molar-refractivity contribution in [1.29, 1.82) is 0 Å². The van der Waals surface area contributed by atoms with Crippen LogP contribution in [-0.4, -0.2) is 42.5 Å². The highest BCUT2D eigenvalue weighted by Crippen LogP contribution is 2.17. The lowest BCUT2D eigenvalue weighted by molar-refractivity contribution is 0.0880. The number of hydrogen-bond acceptors (Lipinski definition) is 4. The van der Waals surface area contributed by atoms with Gasteiger partial charge in [0.1, 0.15) is 5.76 Å². The van der Waals surface area contributed by atoms with Gasteiger partial charge in [-0.1, -0.05) is 6.92 Å². The Balaban J connectivity index is 1.95. The van der Waals surface area contributed by atoms with Crippen molar-refractivity contribution in [1.82, 2.24) is 9.80 Å². The summed E-state index contributed by atoms with van der Waals surface area (Å²) in [6, 6.07) is 2.72. The molecular weight excluding hydrogens is 214 g/mol. The molecule has 1 atom stereocenters. The number of piperazine rings is 1. The maximum atomic E-state index is 5.66.